The van der Waals surface area contributed by atoms with Crippen molar-refractivity contribution in [3.8, 4) is 0 Å². The van der Waals surface area contributed by atoms with Gasteiger partial charge < -0.3 is 20.1 Å². The van der Waals surface area contributed by atoms with Crippen molar-refractivity contribution in [1.82, 2.24) is 10.6 Å². The molecule has 0 saturated carbocycles. The van der Waals surface area contributed by atoms with Crippen molar-refractivity contribution in [1.29, 1.82) is 0 Å². The number of methoxy groups -OCH3 is 1. The molecule has 1 rings (SSSR count). The minimum Gasteiger partial charge on any atom is -0.385 e. The second-order valence-electron chi connectivity index (χ2n) is 5.60. The lowest BCUT2D eigenvalue weighted by Gasteiger charge is -2.27. The van der Waals surface area contributed by atoms with Crippen molar-refractivity contribution in [2.24, 2.45) is 5.41 Å². The fraction of sp³-hybridized carbons (Fsp3) is 1.00. The summed E-state index contributed by atoms with van der Waals surface area (Å²) in [6.07, 6.45) is 2.24. The first-order chi connectivity index (χ1) is 8.14. The highest BCUT2D eigenvalue weighted by molar-refractivity contribution is 4.74. The topological polar surface area (TPSA) is 42.5 Å². The molecule has 0 aromatic carbocycles. The first-order valence-electron chi connectivity index (χ1n) is 6.65. The normalized spacial score (nSPS) is 21.7. The molecule has 0 aromatic heterocycles. The van der Waals surface area contributed by atoms with Gasteiger partial charge in [0, 0.05) is 32.8 Å². The predicted molar refractivity (Wildman–Crippen MR) is 70.4 cm³/mol. The van der Waals surface area contributed by atoms with E-state index in [-0.39, 0.29) is 0 Å². The molecule has 1 fully saturated rings. The molecular formula is C13H28N2O2. The molecule has 0 aliphatic carbocycles. The third-order valence-corrected chi connectivity index (χ3v) is 3.25. The summed E-state index contributed by atoms with van der Waals surface area (Å²) in [5.74, 6) is 0. The first-order valence-corrected chi connectivity index (χ1v) is 6.65. The summed E-state index contributed by atoms with van der Waals surface area (Å²) in [4.78, 5) is 0. The van der Waals surface area contributed by atoms with Gasteiger partial charge in [-0.05, 0) is 24.8 Å². The summed E-state index contributed by atoms with van der Waals surface area (Å²) in [5.41, 5.74) is 0.312. The maximum absolute atomic E-state index is 5.43. The number of nitrogens with one attached hydrogen (secondary N) is 2. The van der Waals surface area contributed by atoms with Gasteiger partial charge in [0.15, 0.2) is 0 Å². The Balaban J connectivity index is 2.02. The number of hydrogen-bond donors (Lipinski definition) is 2. The van der Waals surface area contributed by atoms with Crippen LogP contribution >= 0.6 is 0 Å². The lowest BCUT2D eigenvalue weighted by atomic mass is 9.89. The van der Waals surface area contributed by atoms with Gasteiger partial charge in [0.1, 0.15) is 0 Å². The highest BCUT2D eigenvalue weighted by atomic mass is 16.5. The van der Waals surface area contributed by atoms with E-state index in [0.717, 1.165) is 52.3 Å². The zero-order valence-corrected chi connectivity index (χ0v) is 11.6. The summed E-state index contributed by atoms with van der Waals surface area (Å²) < 4.78 is 10.6. The first kappa shape index (κ1) is 14.9. The van der Waals surface area contributed by atoms with Crippen molar-refractivity contribution in [2.45, 2.75) is 32.7 Å². The predicted octanol–water partition coefficient (Wildman–Crippen LogP) is 1.02. The van der Waals surface area contributed by atoms with Gasteiger partial charge in [0.05, 0.1) is 13.2 Å². The molecule has 17 heavy (non-hydrogen) atoms. The van der Waals surface area contributed by atoms with Crippen molar-refractivity contribution in [3.63, 3.8) is 0 Å². The van der Waals surface area contributed by atoms with E-state index in [1.165, 1.54) is 0 Å². The fourth-order valence-corrected chi connectivity index (χ4v) is 1.97. The summed E-state index contributed by atoms with van der Waals surface area (Å²) in [6.45, 7) is 10.2. The Morgan fingerprint density at radius 1 is 1.47 bits per heavy atom. The van der Waals surface area contributed by atoms with E-state index >= 15 is 0 Å². The largest absolute Gasteiger partial charge is 0.385 e. The highest BCUT2D eigenvalue weighted by Crippen LogP contribution is 2.18. The molecule has 1 aliphatic rings. The lowest BCUT2D eigenvalue weighted by Crippen LogP contribution is -2.43. The molecule has 1 atom stereocenters. The van der Waals surface area contributed by atoms with Crippen LogP contribution in [-0.2, 0) is 9.47 Å². The molecule has 0 spiro atoms. The summed E-state index contributed by atoms with van der Waals surface area (Å²) >= 11 is 0. The number of morpholine rings is 1. The molecule has 102 valence electrons. The van der Waals surface area contributed by atoms with Gasteiger partial charge in [-0.2, -0.15) is 0 Å². The van der Waals surface area contributed by atoms with E-state index in [1.807, 2.05) is 0 Å². The van der Waals surface area contributed by atoms with Crippen molar-refractivity contribution in [3.05, 3.63) is 0 Å². The van der Waals surface area contributed by atoms with Crippen LogP contribution in [0.1, 0.15) is 26.7 Å². The molecule has 1 saturated heterocycles. The molecule has 1 unspecified atom stereocenters. The Morgan fingerprint density at radius 3 is 2.94 bits per heavy atom. The molecule has 2 N–H and O–H groups in total. The molecule has 0 bridgehead atoms. The van der Waals surface area contributed by atoms with Gasteiger partial charge >= 0.3 is 0 Å². The van der Waals surface area contributed by atoms with E-state index in [2.05, 4.69) is 24.5 Å². The van der Waals surface area contributed by atoms with Crippen LogP contribution in [-0.4, -0.2) is 52.6 Å². The molecule has 0 radical (unpaired) electrons. The van der Waals surface area contributed by atoms with Crippen LogP contribution in [0, 0.1) is 5.41 Å². The van der Waals surface area contributed by atoms with Crippen LogP contribution in [0.2, 0.25) is 0 Å². The minimum absolute atomic E-state index is 0.312. The number of rotatable bonds is 8. The van der Waals surface area contributed by atoms with Crippen LogP contribution in [0.4, 0.5) is 0 Å². The Morgan fingerprint density at radius 2 is 2.29 bits per heavy atom. The summed E-state index contributed by atoms with van der Waals surface area (Å²) in [5, 5.41) is 7.00. The van der Waals surface area contributed by atoms with Gasteiger partial charge in [-0.25, -0.2) is 0 Å². The molecule has 4 heteroatoms. The second-order valence-corrected chi connectivity index (χ2v) is 5.60. The fourth-order valence-electron chi connectivity index (χ4n) is 1.97. The van der Waals surface area contributed by atoms with E-state index in [4.69, 9.17) is 9.47 Å². The third-order valence-electron chi connectivity index (χ3n) is 3.25. The maximum Gasteiger partial charge on any atom is 0.0620 e. The Hall–Kier alpha value is -0.160. The zero-order valence-electron chi connectivity index (χ0n) is 11.6. The average molecular weight is 244 g/mol. The van der Waals surface area contributed by atoms with Crippen LogP contribution in [0.15, 0.2) is 0 Å². The standard InChI is InChI=1S/C13H28N2O2/c1-13(2,5-8-16-3)11-14-6-4-12-10-17-9-7-15-12/h12,14-15H,4-11H2,1-3H3. The van der Waals surface area contributed by atoms with Gasteiger partial charge in [0.2, 0.25) is 0 Å². The van der Waals surface area contributed by atoms with E-state index in [1.54, 1.807) is 7.11 Å². The number of hydrogen-bond acceptors (Lipinski definition) is 4. The third kappa shape index (κ3) is 6.99. The second kappa shape index (κ2) is 8.03. The number of ether oxygens (including phenoxy) is 2. The smallest absolute Gasteiger partial charge is 0.0620 e. The molecule has 0 aromatic rings. The summed E-state index contributed by atoms with van der Waals surface area (Å²) in [6, 6.07) is 0.526. The Bertz CT molecular complexity index is 192. The molecule has 4 nitrogen and oxygen atoms in total. The van der Waals surface area contributed by atoms with Crippen LogP contribution in [0.5, 0.6) is 0 Å². The maximum atomic E-state index is 5.43. The van der Waals surface area contributed by atoms with Crippen LogP contribution in [0.3, 0.4) is 0 Å². The minimum atomic E-state index is 0.312. The van der Waals surface area contributed by atoms with E-state index in [0.29, 0.717) is 11.5 Å². The summed E-state index contributed by atoms with van der Waals surface area (Å²) in [7, 11) is 1.76. The van der Waals surface area contributed by atoms with Gasteiger partial charge in [-0.3, -0.25) is 0 Å². The van der Waals surface area contributed by atoms with Gasteiger partial charge in [0.25, 0.3) is 0 Å². The monoisotopic (exact) mass is 244 g/mol. The molecule has 1 aliphatic heterocycles. The van der Waals surface area contributed by atoms with Crippen molar-refractivity contribution >= 4 is 0 Å². The van der Waals surface area contributed by atoms with Crippen molar-refractivity contribution < 1.29 is 9.47 Å². The van der Waals surface area contributed by atoms with Crippen LogP contribution < -0.4 is 10.6 Å². The lowest BCUT2D eigenvalue weighted by molar-refractivity contribution is 0.0739. The van der Waals surface area contributed by atoms with E-state index < -0.39 is 0 Å². The van der Waals surface area contributed by atoms with Crippen LogP contribution in [0.25, 0.3) is 0 Å². The Labute approximate surface area is 105 Å². The van der Waals surface area contributed by atoms with Crippen molar-refractivity contribution in [2.75, 3.05) is 46.6 Å². The SMILES string of the molecule is COCCC(C)(C)CNCCC1COCCN1. The molecule has 1 heterocycles. The van der Waals surface area contributed by atoms with Gasteiger partial charge in [-0.1, -0.05) is 13.8 Å². The Kier molecular flexibility index (Phi) is 7.04. The highest BCUT2D eigenvalue weighted by Gasteiger charge is 2.17. The quantitative estimate of drug-likeness (QED) is 0.626. The average Bonchev–Trinajstić information content (AvgIpc) is 2.34. The zero-order chi connectivity index (χ0) is 12.6. The van der Waals surface area contributed by atoms with Gasteiger partial charge in [-0.15, -0.1) is 0 Å². The molecular weight excluding hydrogens is 216 g/mol. The van der Waals surface area contributed by atoms with E-state index in [9.17, 15) is 0 Å². The molecule has 0 amide bonds.